The Hall–Kier alpha value is -7.22. The molecule has 10 aromatic carbocycles. The van der Waals surface area contributed by atoms with Crippen molar-refractivity contribution >= 4 is 54.3 Å². The molecule has 12 rings (SSSR count). The summed E-state index contributed by atoms with van der Waals surface area (Å²) in [6.45, 7) is 4.73. The van der Waals surface area contributed by atoms with Crippen LogP contribution in [-0.4, -0.2) is 0 Å². The lowest BCUT2D eigenvalue weighted by atomic mass is 9.81. The summed E-state index contributed by atoms with van der Waals surface area (Å²) >= 11 is 0. The average Bonchev–Trinajstić information content (AvgIpc) is 3.76. The molecule has 0 radical (unpaired) electrons. The second-order valence-electron chi connectivity index (χ2n) is 16.4. The maximum absolute atomic E-state index is 6.49. The van der Waals surface area contributed by atoms with Gasteiger partial charge in [-0.1, -0.05) is 172 Å². The first-order valence-corrected chi connectivity index (χ1v) is 20.2. The number of hydrogen-bond donors (Lipinski definition) is 0. The third-order valence-corrected chi connectivity index (χ3v) is 12.8. The van der Waals surface area contributed by atoms with Crippen molar-refractivity contribution in [3.63, 3.8) is 0 Å². The van der Waals surface area contributed by atoms with E-state index in [-0.39, 0.29) is 5.41 Å². The number of benzene rings is 10. The van der Waals surface area contributed by atoms with Crippen molar-refractivity contribution in [1.29, 1.82) is 0 Å². The van der Waals surface area contributed by atoms with Crippen molar-refractivity contribution in [1.82, 2.24) is 0 Å². The Balaban J connectivity index is 1.01. The van der Waals surface area contributed by atoms with E-state index in [1.165, 1.54) is 88.0 Å². The summed E-state index contributed by atoms with van der Waals surface area (Å²) in [4.78, 5) is 0. The van der Waals surface area contributed by atoms with Crippen molar-refractivity contribution in [2.45, 2.75) is 19.3 Å². The van der Waals surface area contributed by atoms with Gasteiger partial charge in [-0.25, -0.2) is 0 Å². The summed E-state index contributed by atoms with van der Waals surface area (Å²) < 4.78 is 6.49. The van der Waals surface area contributed by atoms with Gasteiger partial charge in [0.25, 0.3) is 0 Å². The zero-order valence-electron chi connectivity index (χ0n) is 32.4. The van der Waals surface area contributed by atoms with Gasteiger partial charge in [0.2, 0.25) is 0 Å². The summed E-state index contributed by atoms with van der Waals surface area (Å²) in [5, 5.41) is 9.84. The van der Waals surface area contributed by atoms with Gasteiger partial charge in [-0.15, -0.1) is 0 Å². The third kappa shape index (κ3) is 4.83. The van der Waals surface area contributed by atoms with Crippen LogP contribution >= 0.6 is 0 Å². The maximum atomic E-state index is 6.49. The third-order valence-electron chi connectivity index (χ3n) is 12.8. The predicted molar refractivity (Wildman–Crippen MR) is 246 cm³/mol. The van der Waals surface area contributed by atoms with Gasteiger partial charge in [0.05, 0.1) is 0 Å². The number of para-hydroxylation sites is 2. The molecule has 0 saturated heterocycles. The Morgan fingerprint density at radius 2 is 0.828 bits per heavy atom. The molecule has 1 heteroatoms. The van der Waals surface area contributed by atoms with E-state index in [4.69, 9.17) is 4.42 Å². The first-order chi connectivity index (χ1) is 28.5. The average molecular weight is 739 g/mol. The number of furan rings is 1. The molecular formula is C57H38O. The fraction of sp³-hybridized carbons (Fsp3) is 0.0526. The fourth-order valence-corrected chi connectivity index (χ4v) is 10.0. The van der Waals surface area contributed by atoms with E-state index in [0.29, 0.717) is 0 Å². The molecule has 1 aliphatic rings. The molecule has 0 spiro atoms. The van der Waals surface area contributed by atoms with Crippen LogP contribution in [0.3, 0.4) is 0 Å². The van der Waals surface area contributed by atoms with Crippen LogP contribution in [0.15, 0.2) is 199 Å². The van der Waals surface area contributed by atoms with Gasteiger partial charge < -0.3 is 4.42 Å². The van der Waals surface area contributed by atoms with E-state index in [1.807, 2.05) is 6.07 Å². The second kappa shape index (κ2) is 12.4. The fourth-order valence-electron chi connectivity index (χ4n) is 10.0. The molecule has 0 atom stereocenters. The molecular weight excluding hydrogens is 701 g/mol. The van der Waals surface area contributed by atoms with Crippen LogP contribution in [0.25, 0.3) is 110 Å². The Kier molecular flexibility index (Phi) is 7.04. The van der Waals surface area contributed by atoms with Crippen molar-refractivity contribution in [3.05, 3.63) is 205 Å². The summed E-state index contributed by atoms with van der Waals surface area (Å²) in [7, 11) is 0. The van der Waals surface area contributed by atoms with Crippen LogP contribution in [-0.2, 0) is 5.41 Å². The molecule has 1 aromatic heterocycles. The molecule has 272 valence electrons. The minimum atomic E-state index is -0.0606. The summed E-state index contributed by atoms with van der Waals surface area (Å²) in [5.74, 6) is 0. The van der Waals surface area contributed by atoms with Crippen LogP contribution in [0.2, 0.25) is 0 Å². The molecule has 1 aliphatic carbocycles. The molecule has 58 heavy (non-hydrogen) atoms. The Labute approximate surface area is 337 Å². The van der Waals surface area contributed by atoms with Gasteiger partial charge in [0.1, 0.15) is 11.2 Å². The second-order valence-corrected chi connectivity index (χ2v) is 16.4. The molecule has 0 unspecified atom stereocenters. The monoisotopic (exact) mass is 738 g/mol. The van der Waals surface area contributed by atoms with Crippen LogP contribution < -0.4 is 0 Å². The molecule has 0 amide bonds. The van der Waals surface area contributed by atoms with Crippen molar-refractivity contribution in [3.8, 4) is 55.6 Å². The lowest BCUT2D eigenvalue weighted by Crippen LogP contribution is -2.14. The van der Waals surface area contributed by atoms with E-state index in [0.717, 1.165) is 33.1 Å². The topological polar surface area (TPSA) is 13.1 Å². The Bertz CT molecular complexity index is 3430. The first kappa shape index (κ1) is 33.0. The van der Waals surface area contributed by atoms with Crippen LogP contribution in [0.5, 0.6) is 0 Å². The normalized spacial score (nSPS) is 13.1. The van der Waals surface area contributed by atoms with Gasteiger partial charge in [-0.05, 0) is 130 Å². The minimum absolute atomic E-state index is 0.0606. The quantitative estimate of drug-likeness (QED) is 0.164. The number of fused-ring (bicyclic) bond motifs is 9. The number of hydrogen-bond acceptors (Lipinski definition) is 1. The van der Waals surface area contributed by atoms with Crippen LogP contribution in [0.1, 0.15) is 25.0 Å². The Morgan fingerprint density at radius 1 is 0.328 bits per heavy atom. The molecule has 1 nitrogen and oxygen atoms in total. The highest BCUT2D eigenvalue weighted by Gasteiger charge is 2.36. The molecule has 0 N–H and O–H groups in total. The lowest BCUT2D eigenvalue weighted by Gasteiger charge is -2.22. The lowest BCUT2D eigenvalue weighted by molar-refractivity contribution is 0.661. The van der Waals surface area contributed by atoms with E-state index in [9.17, 15) is 0 Å². The molecule has 1 heterocycles. The van der Waals surface area contributed by atoms with E-state index in [1.54, 1.807) is 0 Å². The molecule has 0 fully saturated rings. The smallest absolute Gasteiger partial charge is 0.143 e. The zero-order chi connectivity index (χ0) is 38.5. The van der Waals surface area contributed by atoms with Crippen LogP contribution in [0.4, 0.5) is 0 Å². The largest absolute Gasteiger partial charge is 0.455 e. The van der Waals surface area contributed by atoms with Crippen molar-refractivity contribution < 1.29 is 4.42 Å². The van der Waals surface area contributed by atoms with Gasteiger partial charge in [-0.2, -0.15) is 0 Å². The zero-order valence-corrected chi connectivity index (χ0v) is 32.4. The summed E-state index contributed by atoms with van der Waals surface area (Å²) in [5.41, 5.74) is 16.9. The van der Waals surface area contributed by atoms with Crippen molar-refractivity contribution in [2.75, 3.05) is 0 Å². The molecule has 0 saturated carbocycles. The summed E-state index contributed by atoms with van der Waals surface area (Å²) in [6, 6.07) is 71.5. The van der Waals surface area contributed by atoms with E-state index in [2.05, 4.69) is 202 Å². The van der Waals surface area contributed by atoms with Crippen molar-refractivity contribution in [2.24, 2.45) is 0 Å². The minimum Gasteiger partial charge on any atom is -0.455 e. The molecule has 0 aliphatic heterocycles. The van der Waals surface area contributed by atoms with Gasteiger partial charge >= 0.3 is 0 Å². The van der Waals surface area contributed by atoms with E-state index >= 15 is 0 Å². The molecule has 11 aromatic rings. The predicted octanol–water partition coefficient (Wildman–Crippen LogP) is 16.0. The van der Waals surface area contributed by atoms with Gasteiger partial charge in [0, 0.05) is 21.8 Å². The van der Waals surface area contributed by atoms with E-state index < -0.39 is 0 Å². The summed E-state index contributed by atoms with van der Waals surface area (Å²) in [6.07, 6.45) is 0. The highest BCUT2D eigenvalue weighted by atomic mass is 16.3. The molecule has 0 bridgehead atoms. The highest BCUT2D eigenvalue weighted by Crippen LogP contribution is 2.51. The van der Waals surface area contributed by atoms with Gasteiger partial charge in [0.15, 0.2) is 0 Å². The first-order valence-electron chi connectivity index (χ1n) is 20.2. The maximum Gasteiger partial charge on any atom is 0.143 e. The SMILES string of the molecule is CC1(C)c2ccc(-c3cccc(-c4c5ccccc5c(-c5cccc(-c6cccc7c6oc6ccccc67)c5)c5ccccc45)c3)cc2-c2cc3ccccc3cc21. The standard InChI is InChI=1S/C57H38O/c1-57(2)51-29-28-38(33-49(51)50-32-36-14-3-4-15-37(36)34-52(50)57)35-16-11-18-40(30-35)54-44-21-5-7-23-46(44)55(47-24-8-6-22-45(47)54)41-19-12-17-39(31-41)42-25-13-26-48-43-20-9-10-27-53(43)58-56(42)48/h3-34H,1-2H3. The number of rotatable bonds is 4. The highest BCUT2D eigenvalue weighted by molar-refractivity contribution is 6.22. The van der Waals surface area contributed by atoms with Crippen LogP contribution in [0, 0.1) is 0 Å². The Morgan fingerprint density at radius 3 is 1.52 bits per heavy atom. The van der Waals surface area contributed by atoms with Gasteiger partial charge in [-0.3, -0.25) is 0 Å².